The first-order valence-corrected chi connectivity index (χ1v) is 7.93. The van der Waals surface area contributed by atoms with Crippen molar-refractivity contribution in [3.63, 3.8) is 0 Å². The van der Waals surface area contributed by atoms with Gasteiger partial charge in [0.2, 0.25) is 0 Å². The Morgan fingerprint density at radius 3 is 2.71 bits per heavy atom. The fourth-order valence-electron chi connectivity index (χ4n) is 4.56. The van der Waals surface area contributed by atoms with Crippen molar-refractivity contribution in [1.29, 1.82) is 0 Å². The number of likely N-dealkylation sites (tertiary alicyclic amines) is 1. The molecule has 0 spiro atoms. The number of nitrogen functional groups attached to an aromatic ring is 1. The smallest absolute Gasteiger partial charge is 0.255 e. The molecule has 0 radical (unpaired) electrons. The predicted octanol–water partition coefficient (Wildman–Crippen LogP) is 3.96. The van der Waals surface area contributed by atoms with Gasteiger partial charge in [-0.1, -0.05) is 32.4 Å². The van der Waals surface area contributed by atoms with Crippen molar-refractivity contribution >= 4 is 23.2 Å². The molecule has 2 aliphatic rings. The molecule has 0 aromatic heterocycles. The Morgan fingerprint density at radius 2 is 2.05 bits per heavy atom. The van der Waals surface area contributed by atoms with Crippen LogP contribution in [0.4, 0.5) is 5.69 Å². The van der Waals surface area contributed by atoms with Gasteiger partial charge in [-0.2, -0.15) is 0 Å². The third-order valence-electron chi connectivity index (χ3n) is 4.90. The molecule has 1 aliphatic heterocycles. The van der Waals surface area contributed by atoms with Crippen molar-refractivity contribution in [2.75, 3.05) is 12.3 Å². The van der Waals surface area contributed by atoms with Gasteiger partial charge in [0.05, 0.1) is 10.6 Å². The van der Waals surface area contributed by atoms with Crippen LogP contribution in [-0.4, -0.2) is 23.4 Å². The number of hydrogen-bond donors (Lipinski definition) is 1. The molecule has 2 bridgehead atoms. The van der Waals surface area contributed by atoms with E-state index in [1.807, 2.05) is 4.90 Å². The average Bonchev–Trinajstić information content (AvgIpc) is 2.57. The lowest BCUT2D eigenvalue weighted by atomic mass is 9.65. The Morgan fingerprint density at radius 1 is 1.33 bits per heavy atom. The third-order valence-corrected chi connectivity index (χ3v) is 5.21. The number of halogens is 1. The average molecular weight is 307 g/mol. The van der Waals surface area contributed by atoms with E-state index >= 15 is 0 Å². The third kappa shape index (κ3) is 2.64. The Kier molecular flexibility index (Phi) is 3.25. The van der Waals surface area contributed by atoms with Gasteiger partial charge < -0.3 is 10.6 Å². The van der Waals surface area contributed by atoms with Gasteiger partial charge in [0.25, 0.3) is 5.91 Å². The van der Waals surface area contributed by atoms with Crippen LogP contribution in [0.15, 0.2) is 18.2 Å². The number of rotatable bonds is 1. The van der Waals surface area contributed by atoms with Crippen LogP contribution in [0.5, 0.6) is 0 Å². The molecule has 1 aliphatic carbocycles. The van der Waals surface area contributed by atoms with Crippen molar-refractivity contribution in [2.24, 2.45) is 10.8 Å². The van der Waals surface area contributed by atoms with Crippen LogP contribution in [0.3, 0.4) is 0 Å². The van der Waals surface area contributed by atoms with Gasteiger partial charge in [-0.25, -0.2) is 0 Å². The normalized spacial score (nSPS) is 30.5. The fourth-order valence-corrected chi connectivity index (χ4v) is 4.83. The van der Waals surface area contributed by atoms with Gasteiger partial charge in [-0.3, -0.25) is 4.79 Å². The Balaban J connectivity index is 1.90. The minimum Gasteiger partial charge on any atom is -0.399 e. The molecule has 2 unspecified atom stereocenters. The number of amides is 1. The molecule has 1 aromatic carbocycles. The summed E-state index contributed by atoms with van der Waals surface area (Å²) < 4.78 is 0. The zero-order valence-electron chi connectivity index (χ0n) is 12.9. The molecule has 4 heteroatoms. The van der Waals surface area contributed by atoms with Crippen LogP contribution in [0.1, 0.15) is 50.4 Å². The minimum absolute atomic E-state index is 0.0476. The van der Waals surface area contributed by atoms with Gasteiger partial charge in [0.15, 0.2) is 0 Å². The SMILES string of the molecule is CC1(C)CC2CC(C)(CN2C(=O)c2ccc(N)cc2Cl)C1. The number of benzene rings is 1. The number of carbonyl (C=O) groups is 1. The van der Waals surface area contributed by atoms with Crippen molar-refractivity contribution in [1.82, 2.24) is 4.90 Å². The van der Waals surface area contributed by atoms with E-state index < -0.39 is 0 Å². The molecule has 1 aromatic rings. The summed E-state index contributed by atoms with van der Waals surface area (Å²) in [5.74, 6) is 0.0476. The van der Waals surface area contributed by atoms with Crippen molar-refractivity contribution in [2.45, 2.75) is 46.1 Å². The van der Waals surface area contributed by atoms with E-state index in [0.29, 0.717) is 27.7 Å². The Labute approximate surface area is 131 Å². The molecule has 2 atom stereocenters. The second-order valence-corrected chi connectivity index (χ2v) is 8.29. The van der Waals surface area contributed by atoms with Gasteiger partial charge >= 0.3 is 0 Å². The van der Waals surface area contributed by atoms with E-state index in [-0.39, 0.29) is 11.3 Å². The van der Waals surface area contributed by atoms with Gasteiger partial charge in [-0.05, 0) is 48.3 Å². The maximum Gasteiger partial charge on any atom is 0.255 e. The highest BCUT2D eigenvalue weighted by molar-refractivity contribution is 6.34. The lowest BCUT2D eigenvalue weighted by molar-refractivity contribution is 0.0708. The van der Waals surface area contributed by atoms with Crippen LogP contribution >= 0.6 is 11.6 Å². The number of anilines is 1. The summed E-state index contributed by atoms with van der Waals surface area (Å²) in [6, 6.07) is 5.48. The highest BCUT2D eigenvalue weighted by atomic mass is 35.5. The first kappa shape index (κ1) is 14.7. The number of nitrogens with two attached hydrogens (primary N) is 1. The maximum absolute atomic E-state index is 12.9. The first-order chi connectivity index (χ1) is 9.69. The molecule has 21 heavy (non-hydrogen) atoms. The lowest BCUT2D eigenvalue weighted by Crippen LogP contribution is -2.37. The fraction of sp³-hybridized carbons (Fsp3) is 0.588. The summed E-state index contributed by atoms with van der Waals surface area (Å²) in [5.41, 5.74) is 7.41. The molecule has 1 saturated carbocycles. The van der Waals surface area contributed by atoms with E-state index in [0.717, 1.165) is 19.4 Å². The van der Waals surface area contributed by atoms with Crippen LogP contribution < -0.4 is 5.73 Å². The van der Waals surface area contributed by atoms with E-state index in [9.17, 15) is 4.79 Å². The molecule has 3 nitrogen and oxygen atoms in total. The zero-order chi connectivity index (χ0) is 15.4. The molecule has 1 heterocycles. The number of fused-ring (bicyclic) bond motifs is 2. The quantitative estimate of drug-likeness (QED) is 0.798. The Bertz CT molecular complexity index is 598. The predicted molar refractivity (Wildman–Crippen MR) is 86.4 cm³/mol. The largest absolute Gasteiger partial charge is 0.399 e. The molecule has 1 amide bonds. The van der Waals surface area contributed by atoms with Gasteiger partial charge in [-0.15, -0.1) is 0 Å². The monoisotopic (exact) mass is 306 g/mol. The van der Waals surface area contributed by atoms with Crippen molar-refractivity contribution in [3.8, 4) is 0 Å². The molecular formula is C17H23ClN2O. The zero-order valence-corrected chi connectivity index (χ0v) is 13.7. The topological polar surface area (TPSA) is 46.3 Å². The second kappa shape index (κ2) is 4.64. The van der Waals surface area contributed by atoms with Crippen LogP contribution in [0, 0.1) is 10.8 Å². The summed E-state index contributed by atoms with van der Waals surface area (Å²) in [6.07, 6.45) is 3.35. The van der Waals surface area contributed by atoms with Crippen LogP contribution in [0.25, 0.3) is 0 Å². The highest BCUT2D eigenvalue weighted by Gasteiger charge is 2.51. The molecule has 114 valence electrons. The van der Waals surface area contributed by atoms with E-state index in [1.165, 1.54) is 6.42 Å². The van der Waals surface area contributed by atoms with Gasteiger partial charge in [0, 0.05) is 18.3 Å². The lowest BCUT2D eigenvalue weighted by Gasteiger charge is -2.39. The number of hydrogen-bond acceptors (Lipinski definition) is 2. The van der Waals surface area contributed by atoms with Crippen LogP contribution in [-0.2, 0) is 0 Å². The molecule has 2 fully saturated rings. The maximum atomic E-state index is 12.9. The molecular weight excluding hydrogens is 284 g/mol. The van der Waals surface area contributed by atoms with Crippen molar-refractivity contribution < 1.29 is 4.79 Å². The number of carbonyl (C=O) groups excluding carboxylic acids is 1. The highest BCUT2D eigenvalue weighted by Crippen LogP contribution is 2.52. The van der Waals surface area contributed by atoms with E-state index in [1.54, 1.807) is 18.2 Å². The summed E-state index contributed by atoms with van der Waals surface area (Å²) in [7, 11) is 0. The second-order valence-electron chi connectivity index (χ2n) is 7.89. The van der Waals surface area contributed by atoms with Gasteiger partial charge in [0.1, 0.15) is 0 Å². The van der Waals surface area contributed by atoms with Crippen LogP contribution in [0.2, 0.25) is 5.02 Å². The summed E-state index contributed by atoms with van der Waals surface area (Å²) in [5, 5.41) is 0.450. The van der Waals surface area contributed by atoms with E-state index in [4.69, 9.17) is 17.3 Å². The number of nitrogens with zero attached hydrogens (tertiary/aromatic N) is 1. The molecule has 3 rings (SSSR count). The standard InChI is InChI=1S/C17H23ClN2O/c1-16(2)7-12-8-17(3,9-16)10-20(12)15(21)13-5-4-11(19)6-14(13)18/h4-6,12H,7-10,19H2,1-3H3. The minimum atomic E-state index is 0.0476. The summed E-state index contributed by atoms with van der Waals surface area (Å²) in [6.45, 7) is 7.75. The van der Waals surface area contributed by atoms with Crippen molar-refractivity contribution in [3.05, 3.63) is 28.8 Å². The first-order valence-electron chi connectivity index (χ1n) is 7.55. The molecule has 1 saturated heterocycles. The molecule has 2 N–H and O–H groups in total. The Hall–Kier alpha value is -1.22. The summed E-state index contributed by atoms with van der Waals surface area (Å²) in [4.78, 5) is 14.9. The summed E-state index contributed by atoms with van der Waals surface area (Å²) >= 11 is 6.21. The van der Waals surface area contributed by atoms with E-state index in [2.05, 4.69) is 20.8 Å².